The Morgan fingerprint density at radius 1 is 0.812 bits per heavy atom. The Labute approximate surface area is 94.7 Å². The van der Waals surface area contributed by atoms with Crippen LogP contribution in [-0.2, 0) is 0 Å². The van der Waals surface area contributed by atoms with E-state index in [0.717, 1.165) is 0 Å². The van der Waals surface area contributed by atoms with Crippen LogP contribution in [0.5, 0.6) is 0 Å². The summed E-state index contributed by atoms with van der Waals surface area (Å²) in [6, 6.07) is 18.5. The van der Waals surface area contributed by atoms with Crippen molar-refractivity contribution in [3.8, 4) is 0 Å². The van der Waals surface area contributed by atoms with Crippen LogP contribution in [0.15, 0.2) is 60.7 Å². The molecule has 0 bridgehead atoms. The molecule has 2 aromatic carbocycles. The van der Waals surface area contributed by atoms with E-state index in [9.17, 15) is 4.79 Å². The van der Waals surface area contributed by atoms with Gasteiger partial charge in [0, 0.05) is 11.3 Å². The molecule has 82 valence electrons. The number of carbonyl (C=O) groups is 1. The summed E-state index contributed by atoms with van der Waals surface area (Å²) in [6.45, 7) is 0. The van der Waals surface area contributed by atoms with Gasteiger partial charge >= 0.3 is 0 Å². The number of amides is 1. The Kier molecular flexibility index (Phi) is 4.60. The Bertz CT molecular complexity index is 397. The van der Waals surface area contributed by atoms with E-state index in [2.05, 4.69) is 0 Å². The van der Waals surface area contributed by atoms with Crippen molar-refractivity contribution in [2.75, 3.05) is 5.73 Å². The molecule has 0 fully saturated rings. The highest BCUT2D eigenvalue weighted by Crippen LogP contribution is 2.03. The maximum atomic E-state index is 10.5. The molecule has 0 saturated heterocycles. The van der Waals surface area contributed by atoms with E-state index < -0.39 is 5.91 Å². The van der Waals surface area contributed by atoms with Gasteiger partial charge in [-0.05, 0) is 24.3 Å². The van der Waals surface area contributed by atoms with Gasteiger partial charge in [-0.1, -0.05) is 36.4 Å². The molecule has 0 spiro atoms. The highest BCUT2D eigenvalue weighted by atomic mass is 16.1. The van der Waals surface area contributed by atoms with Crippen molar-refractivity contribution in [2.24, 2.45) is 5.73 Å². The Hall–Kier alpha value is -2.29. The number of nitrogens with two attached hydrogens (primary N) is 2. The topological polar surface area (TPSA) is 69.1 Å². The van der Waals surface area contributed by atoms with Gasteiger partial charge in [-0.15, -0.1) is 0 Å². The minimum atomic E-state index is -0.431. The monoisotopic (exact) mass is 214 g/mol. The fourth-order valence-corrected chi connectivity index (χ4v) is 1.03. The number of carbonyl (C=O) groups excluding carboxylic acids is 1. The van der Waals surface area contributed by atoms with E-state index in [1.807, 2.05) is 36.4 Å². The fourth-order valence-electron chi connectivity index (χ4n) is 1.03. The van der Waals surface area contributed by atoms with Gasteiger partial charge < -0.3 is 11.5 Å². The predicted octanol–water partition coefficient (Wildman–Crippen LogP) is 2.05. The molecular formula is C13H14N2O. The second kappa shape index (κ2) is 6.24. The van der Waals surface area contributed by atoms with Gasteiger partial charge in [-0.3, -0.25) is 4.79 Å². The maximum absolute atomic E-state index is 10.5. The van der Waals surface area contributed by atoms with Crippen LogP contribution in [0.2, 0.25) is 0 Å². The smallest absolute Gasteiger partial charge is 0.248 e. The molecule has 3 nitrogen and oxygen atoms in total. The molecule has 0 radical (unpaired) electrons. The van der Waals surface area contributed by atoms with Gasteiger partial charge in [-0.25, -0.2) is 0 Å². The zero-order valence-corrected chi connectivity index (χ0v) is 8.84. The summed E-state index contributed by atoms with van der Waals surface area (Å²) in [5.41, 5.74) is 11.5. The zero-order chi connectivity index (χ0) is 11.8. The molecule has 16 heavy (non-hydrogen) atoms. The number of anilines is 1. The Morgan fingerprint density at radius 2 is 1.19 bits per heavy atom. The Morgan fingerprint density at radius 3 is 1.50 bits per heavy atom. The van der Waals surface area contributed by atoms with Crippen LogP contribution in [0.3, 0.4) is 0 Å². The van der Waals surface area contributed by atoms with Gasteiger partial charge in [0.05, 0.1) is 0 Å². The predicted molar refractivity (Wildman–Crippen MR) is 65.8 cm³/mol. The van der Waals surface area contributed by atoms with Gasteiger partial charge in [0.2, 0.25) is 5.91 Å². The first kappa shape index (κ1) is 11.8. The standard InChI is InChI=1S/C7H8N2O.C6H6/c8-6-3-1-5(2-4-6)7(9)10;1-2-4-6-5-3-1/h1-4H,8H2,(H2,9,10);1-6H. The largest absolute Gasteiger partial charge is 0.399 e. The number of hydrogen-bond donors (Lipinski definition) is 2. The lowest BCUT2D eigenvalue weighted by molar-refractivity contribution is 0.100. The fraction of sp³-hybridized carbons (Fsp3) is 0. The molecule has 4 N–H and O–H groups in total. The van der Waals surface area contributed by atoms with Gasteiger partial charge in [0.1, 0.15) is 0 Å². The molecule has 1 amide bonds. The second-order valence-electron chi connectivity index (χ2n) is 3.14. The highest BCUT2D eigenvalue weighted by molar-refractivity contribution is 5.92. The first-order valence-electron chi connectivity index (χ1n) is 4.85. The van der Waals surface area contributed by atoms with Crippen LogP contribution in [0.4, 0.5) is 5.69 Å². The Balaban J connectivity index is 0.000000181. The van der Waals surface area contributed by atoms with Crippen molar-refractivity contribution < 1.29 is 4.79 Å². The molecule has 0 saturated carbocycles. The third kappa shape index (κ3) is 4.28. The van der Waals surface area contributed by atoms with Crippen molar-refractivity contribution in [1.29, 1.82) is 0 Å². The van der Waals surface area contributed by atoms with E-state index in [-0.39, 0.29) is 0 Å². The summed E-state index contributed by atoms with van der Waals surface area (Å²) < 4.78 is 0. The first-order valence-corrected chi connectivity index (χ1v) is 4.85. The minimum absolute atomic E-state index is 0.431. The summed E-state index contributed by atoms with van der Waals surface area (Å²) in [6.07, 6.45) is 0. The highest BCUT2D eigenvalue weighted by Gasteiger charge is 1.96. The number of hydrogen-bond acceptors (Lipinski definition) is 2. The van der Waals surface area contributed by atoms with Gasteiger partial charge in [0.25, 0.3) is 0 Å². The van der Waals surface area contributed by atoms with Crippen molar-refractivity contribution in [3.63, 3.8) is 0 Å². The molecule has 2 aromatic rings. The number of primary amides is 1. The summed E-state index contributed by atoms with van der Waals surface area (Å²) >= 11 is 0. The number of benzene rings is 2. The quantitative estimate of drug-likeness (QED) is 0.713. The molecule has 0 heterocycles. The average molecular weight is 214 g/mol. The van der Waals surface area contributed by atoms with Crippen LogP contribution in [0, 0.1) is 0 Å². The van der Waals surface area contributed by atoms with Crippen molar-refractivity contribution >= 4 is 11.6 Å². The first-order chi connectivity index (χ1) is 7.70. The number of rotatable bonds is 1. The molecule has 0 aliphatic rings. The summed E-state index contributed by atoms with van der Waals surface area (Å²) in [5, 5.41) is 0. The molecule has 0 unspecified atom stereocenters. The lowest BCUT2D eigenvalue weighted by atomic mass is 10.2. The summed E-state index contributed by atoms with van der Waals surface area (Å²) in [7, 11) is 0. The van der Waals surface area contributed by atoms with E-state index in [0.29, 0.717) is 11.3 Å². The second-order valence-corrected chi connectivity index (χ2v) is 3.14. The molecule has 0 aromatic heterocycles. The third-order valence-electron chi connectivity index (χ3n) is 1.86. The normalized spacial score (nSPS) is 8.75. The van der Waals surface area contributed by atoms with Crippen molar-refractivity contribution in [3.05, 3.63) is 66.2 Å². The van der Waals surface area contributed by atoms with Crippen LogP contribution in [0.25, 0.3) is 0 Å². The molecule has 2 rings (SSSR count). The molecule has 0 aliphatic carbocycles. The molecule has 0 atom stereocenters. The third-order valence-corrected chi connectivity index (χ3v) is 1.86. The van der Waals surface area contributed by atoms with Crippen LogP contribution in [0.1, 0.15) is 10.4 Å². The van der Waals surface area contributed by atoms with E-state index >= 15 is 0 Å². The molecular weight excluding hydrogens is 200 g/mol. The average Bonchev–Trinajstić information content (AvgIpc) is 2.32. The maximum Gasteiger partial charge on any atom is 0.248 e. The van der Waals surface area contributed by atoms with Gasteiger partial charge in [0.15, 0.2) is 0 Å². The summed E-state index contributed by atoms with van der Waals surface area (Å²) in [4.78, 5) is 10.5. The van der Waals surface area contributed by atoms with E-state index in [4.69, 9.17) is 11.5 Å². The SMILES string of the molecule is NC(=O)c1ccc(N)cc1.c1ccccc1. The van der Waals surface area contributed by atoms with Crippen molar-refractivity contribution in [1.82, 2.24) is 0 Å². The van der Waals surface area contributed by atoms with E-state index in [1.54, 1.807) is 24.3 Å². The molecule has 3 heteroatoms. The lowest BCUT2D eigenvalue weighted by Gasteiger charge is -1.93. The van der Waals surface area contributed by atoms with Crippen molar-refractivity contribution in [2.45, 2.75) is 0 Å². The van der Waals surface area contributed by atoms with E-state index in [1.165, 1.54) is 0 Å². The minimum Gasteiger partial charge on any atom is -0.399 e. The van der Waals surface area contributed by atoms with Gasteiger partial charge in [-0.2, -0.15) is 0 Å². The zero-order valence-electron chi connectivity index (χ0n) is 8.84. The van der Waals surface area contributed by atoms with Crippen LogP contribution < -0.4 is 11.5 Å². The van der Waals surface area contributed by atoms with Crippen LogP contribution >= 0.6 is 0 Å². The summed E-state index contributed by atoms with van der Waals surface area (Å²) in [5.74, 6) is -0.431. The van der Waals surface area contributed by atoms with Crippen LogP contribution in [-0.4, -0.2) is 5.91 Å². The molecule has 0 aliphatic heterocycles. The lowest BCUT2D eigenvalue weighted by Crippen LogP contribution is -2.10. The number of nitrogen functional groups attached to an aromatic ring is 1.